The molecule has 0 unspecified atom stereocenters. The normalized spacial score (nSPS) is 11.6. The minimum atomic E-state index is -0.977. The van der Waals surface area contributed by atoms with E-state index in [1.54, 1.807) is 13.8 Å². The molecule has 1 amide bonds. The number of nitrogens with two attached hydrogens (primary N) is 1. The van der Waals surface area contributed by atoms with Crippen LogP contribution in [0.15, 0.2) is 24.3 Å². The highest BCUT2D eigenvalue weighted by Gasteiger charge is 2.27. The van der Waals surface area contributed by atoms with E-state index in [0.717, 1.165) is 0 Å². The van der Waals surface area contributed by atoms with Crippen molar-refractivity contribution in [3.63, 3.8) is 0 Å². The third-order valence-electron chi connectivity index (χ3n) is 2.49. The maximum atomic E-state index is 11.1. The topological polar surface area (TPSA) is 52.3 Å². The molecule has 1 aromatic rings. The van der Waals surface area contributed by atoms with E-state index < -0.39 is 11.5 Å². The van der Waals surface area contributed by atoms with Crippen LogP contribution in [0.4, 0.5) is 0 Å². The van der Waals surface area contributed by atoms with Crippen molar-refractivity contribution in [1.82, 2.24) is 0 Å². The number of rotatable bonds is 4. The molecule has 0 saturated heterocycles. The number of benzene rings is 1. The Hall–Kier alpha value is -1.51. The lowest BCUT2D eigenvalue weighted by Gasteiger charge is -2.23. The van der Waals surface area contributed by atoms with Crippen LogP contribution in [0.2, 0.25) is 0 Å². The first-order chi connectivity index (χ1) is 7.33. The van der Waals surface area contributed by atoms with E-state index in [4.69, 9.17) is 10.5 Å². The molecule has 0 fully saturated rings. The van der Waals surface area contributed by atoms with Crippen molar-refractivity contribution in [3.05, 3.63) is 29.8 Å². The van der Waals surface area contributed by atoms with E-state index in [1.807, 2.05) is 24.3 Å². The maximum Gasteiger partial charge on any atom is 0.261 e. The van der Waals surface area contributed by atoms with Crippen molar-refractivity contribution in [3.8, 4) is 5.75 Å². The van der Waals surface area contributed by atoms with Gasteiger partial charge in [0.1, 0.15) is 5.75 Å². The summed E-state index contributed by atoms with van der Waals surface area (Å²) >= 11 is 0. The Morgan fingerprint density at radius 3 is 2.50 bits per heavy atom. The van der Waals surface area contributed by atoms with Gasteiger partial charge in [-0.25, -0.2) is 0 Å². The minimum absolute atomic E-state index is 0.431. The summed E-state index contributed by atoms with van der Waals surface area (Å²) in [4.78, 5) is 11.1. The Kier molecular flexibility index (Phi) is 3.58. The molecule has 0 aliphatic carbocycles. The van der Waals surface area contributed by atoms with Gasteiger partial charge >= 0.3 is 0 Å². The molecule has 0 spiro atoms. The monoisotopic (exact) mass is 221 g/mol. The first kappa shape index (κ1) is 12.6. The van der Waals surface area contributed by atoms with Crippen LogP contribution in [0.3, 0.4) is 0 Å². The van der Waals surface area contributed by atoms with Gasteiger partial charge in [0.05, 0.1) is 0 Å². The lowest BCUT2D eigenvalue weighted by atomic mass is 10.0. The molecule has 1 rings (SSSR count). The van der Waals surface area contributed by atoms with Crippen molar-refractivity contribution >= 4 is 5.91 Å². The van der Waals surface area contributed by atoms with Crippen LogP contribution in [0.5, 0.6) is 5.75 Å². The third-order valence-corrected chi connectivity index (χ3v) is 2.49. The second-order valence-corrected chi connectivity index (χ2v) is 4.70. The van der Waals surface area contributed by atoms with Gasteiger partial charge in [0.15, 0.2) is 5.60 Å². The van der Waals surface area contributed by atoms with Crippen molar-refractivity contribution in [2.24, 2.45) is 5.73 Å². The van der Waals surface area contributed by atoms with E-state index in [-0.39, 0.29) is 0 Å². The Bertz CT molecular complexity index is 383. The molecule has 0 heterocycles. The fraction of sp³-hybridized carbons (Fsp3) is 0.462. The van der Waals surface area contributed by atoms with E-state index >= 15 is 0 Å². The molecular weight excluding hydrogens is 202 g/mol. The Morgan fingerprint density at radius 2 is 2.00 bits per heavy atom. The average Bonchev–Trinajstić information content (AvgIpc) is 2.17. The minimum Gasteiger partial charge on any atom is -0.478 e. The zero-order valence-corrected chi connectivity index (χ0v) is 10.3. The molecule has 0 atom stereocenters. The molecule has 3 heteroatoms. The van der Waals surface area contributed by atoms with Gasteiger partial charge in [0.2, 0.25) is 0 Å². The van der Waals surface area contributed by atoms with Crippen molar-refractivity contribution in [1.29, 1.82) is 0 Å². The molecule has 0 radical (unpaired) electrons. The zero-order valence-electron chi connectivity index (χ0n) is 10.3. The van der Waals surface area contributed by atoms with Crippen LogP contribution in [-0.4, -0.2) is 11.5 Å². The van der Waals surface area contributed by atoms with Crippen LogP contribution in [0.1, 0.15) is 39.2 Å². The van der Waals surface area contributed by atoms with Crippen molar-refractivity contribution in [2.45, 2.75) is 39.2 Å². The number of ether oxygens (including phenoxy) is 1. The highest BCUT2D eigenvalue weighted by molar-refractivity contribution is 5.82. The molecule has 2 N–H and O–H groups in total. The molecule has 88 valence electrons. The van der Waals surface area contributed by atoms with Gasteiger partial charge in [-0.3, -0.25) is 4.79 Å². The van der Waals surface area contributed by atoms with Gasteiger partial charge in [-0.05, 0) is 37.5 Å². The van der Waals surface area contributed by atoms with Crippen LogP contribution >= 0.6 is 0 Å². The summed E-state index contributed by atoms with van der Waals surface area (Å²) in [6, 6.07) is 7.72. The highest BCUT2D eigenvalue weighted by Crippen LogP contribution is 2.23. The van der Waals surface area contributed by atoms with E-state index in [1.165, 1.54) is 5.56 Å². The second-order valence-electron chi connectivity index (χ2n) is 4.70. The summed E-state index contributed by atoms with van der Waals surface area (Å²) in [5.74, 6) is 0.637. The molecule has 0 aromatic heterocycles. The second kappa shape index (κ2) is 4.56. The van der Waals surface area contributed by atoms with Crippen LogP contribution in [0.25, 0.3) is 0 Å². The largest absolute Gasteiger partial charge is 0.478 e. The summed E-state index contributed by atoms with van der Waals surface area (Å²) in [7, 11) is 0. The number of amides is 1. The lowest BCUT2D eigenvalue weighted by molar-refractivity contribution is -0.130. The number of hydrogen-bond donors (Lipinski definition) is 1. The number of carbonyl (C=O) groups is 1. The Morgan fingerprint density at radius 1 is 1.38 bits per heavy atom. The molecule has 16 heavy (non-hydrogen) atoms. The predicted octanol–water partition coefficient (Wildman–Crippen LogP) is 2.45. The van der Waals surface area contributed by atoms with Gasteiger partial charge in [-0.1, -0.05) is 26.0 Å². The predicted molar refractivity (Wildman–Crippen MR) is 64.4 cm³/mol. The van der Waals surface area contributed by atoms with E-state index in [0.29, 0.717) is 11.7 Å². The summed E-state index contributed by atoms with van der Waals surface area (Å²) in [6.45, 7) is 7.55. The molecule has 0 saturated carbocycles. The maximum absolute atomic E-state index is 11.1. The van der Waals surface area contributed by atoms with E-state index in [2.05, 4.69) is 13.8 Å². The SMILES string of the molecule is CC(C)c1cccc(OC(C)(C)C(N)=O)c1. The van der Waals surface area contributed by atoms with Gasteiger partial charge < -0.3 is 10.5 Å². The summed E-state index contributed by atoms with van der Waals surface area (Å²) in [5.41, 5.74) is 5.45. The quantitative estimate of drug-likeness (QED) is 0.849. The zero-order chi connectivity index (χ0) is 12.3. The fourth-order valence-corrected chi connectivity index (χ4v) is 1.28. The molecule has 0 aliphatic heterocycles. The highest BCUT2D eigenvalue weighted by atomic mass is 16.5. The summed E-state index contributed by atoms with van der Waals surface area (Å²) in [6.07, 6.45) is 0. The Balaban J connectivity index is 2.90. The fourth-order valence-electron chi connectivity index (χ4n) is 1.28. The van der Waals surface area contributed by atoms with Crippen molar-refractivity contribution in [2.75, 3.05) is 0 Å². The van der Waals surface area contributed by atoms with Gasteiger partial charge in [0, 0.05) is 0 Å². The van der Waals surface area contributed by atoms with Crippen LogP contribution in [-0.2, 0) is 4.79 Å². The van der Waals surface area contributed by atoms with Crippen LogP contribution < -0.4 is 10.5 Å². The van der Waals surface area contributed by atoms with Gasteiger partial charge in [0.25, 0.3) is 5.91 Å². The molecular formula is C13H19NO2. The molecule has 3 nitrogen and oxygen atoms in total. The average molecular weight is 221 g/mol. The van der Waals surface area contributed by atoms with Crippen LogP contribution in [0, 0.1) is 0 Å². The first-order valence-corrected chi connectivity index (χ1v) is 5.42. The smallest absolute Gasteiger partial charge is 0.261 e. The number of primary amides is 1. The standard InChI is InChI=1S/C13H19NO2/c1-9(2)10-6-5-7-11(8-10)16-13(3,4)12(14)15/h5-9H,1-4H3,(H2,14,15). The third kappa shape index (κ3) is 2.99. The van der Waals surface area contributed by atoms with E-state index in [9.17, 15) is 4.79 Å². The molecule has 0 aliphatic rings. The van der Waals surface area contributed by atoms with Crippen molar-refractivity contribution < 1.29 is 9.53 Å². The lowest BCUT2D eigenvalue weighted by Crippen LogP contribution is -2.43. The summed E-state index contributed by atoms with van der Waals surface area (Å²) < 4.78 is 5.58. The first-order valence-electron chi connectivity index (χ1n) is 5.42. The summed E-state index contributed by atoms with van der Waals surface area (Å²) in [5, 5.41) is 0. The number of hydrogen-bond acceptors (Lipinski definition) is 2. The molecule has 1 aromatic carbocycles. The Labute approximate surface area is 96.6 Å². The van der Waals surface area contributed by atoms with Gasteiger partial charge in [-0.15, -0.1) is 0 Å². The number of carbonyl (C=O) groups excluding carboxylic acids is 1. The molecule has 0 bridgehead atoms. The van der Waals surface area contributed by atoms with Gasteiger partial charge in [-0.2, -0.15) is 0 Å².